The summed E-state index contributed by atoms with van der Waals surface area (Å²) in [6.45, 7) is 1.41. The van der Waals surface area contributed by atoms with Crippen molar-refractivity contribution >= 4 is 20.8 Å². The number of nitriles is 1. The SMILES string of the molecule is CC(C#N)S(=O)(=O)NCCS(C)=O. The van der Waals surface area contributed by atoms with E-state index in [4.69, 9.17) is 5.26 Å². The van der Waals surface area contributed by atoms with Crippen LogP contribution in [0, 0.1) is 11.3 Å². The van der Waals surface area contributed by atoms with Crippen molar-refractivity contribution in [3.63, 3.8) is 0 Å². The monoisotopic (exact) mass is 224 g/mol. The minimum Gasteiger partial charge on any atom is -0.260 e. The molecule has 0 amide bonds. The largest absolute Gasteiger partial charge is 0.260 e. The van der Waals surface area contributed by atoms with Gasteiger partial charge in [-0.05, 0) is 6.92 Å². The third-order valence-electron chi connectivity index (χ3n) is 1.34. The van der Waals surface area contributed by atoms with Crippen molar-refractivity contribution in [3.8, 4) is 6.07 Å². The minimum atomic E-state index is -3.55. The molecule has 2 unspecified atom stereocenters. The van der Waals surface area contributed by atoms with Gasteiger partial charge in [-0.15, -0.1) is 0 Å². The normalized spacial score (nSPS) is 16.1. The van der Waals surface area contributed by atoms with Gasteiger partial charge < -0.3 is 0 Å². The molecule has 0 aliphatic rings. The van der Waals surface area contributed by atoms with Gasteiger partial charge in [-0.1, -0.05) is 0 Å². The zero-order valence-corrected chi connectivity index (χ0v) is 9.11. The number of hydrogen-bond donors (Lipinski definition) is 1. The van der Waals surface area contributed by atoms with Crippen LogP contribution in [0.4, 0.5) is 0 Å². The first kappa shape index (κ1) is 12.6. The zero-order chi connectivity index (χ0) is 10.5. The fraction of sp³-hybridized carbons (Fsp3) is 0.833. The van der Waals surface area contributed by atoms with Gasteiger partial charge in [0.05, 0.1) is 6.07 Å². The molecular formula is C6H12N2O3S2. The molecule has 0 bridgehead atoms. The Morgan fingerprint density at radius 3 is 2.54 bits per heavy atom. The Morgan fingerprint density at radius 1 is 1.62 bits per heavy atom. The van der Waals surface area contributed by atoms with Gasteiger partial charge in [-0.2, -0.15) is 5.26 Å². The van der Waals surface area contributed by atoms with Gasteiger partial charge in [-0.3, -0.25) is 4.21 Å². The molecule has 0 aromatic rings. The highest BCUT2D eigenvalue weighted by Gasteiger charge is 2.18. The number of sulfonamides is 1. The van der Waals surface area contributed by atoms with Crippen molar-refractivity contribution < 1.29 is 12.6 Å². The third kappa shape index (κ3) is 4.98. The highest BCUT2D eigenvalue weighted by atomic mass is 32.2. The summed E-state index contributed by atoms with van der Waals surface area (Å²) in [7, 11) is -4.58. The summed E-state index contributed by atoms with van der Waals surface area (Å²) in [5.41, 5.74) is 0. The maximum Gasteiger partial charge on any atom is 0.227 e. The van der Waals surface area contributed by atoms with Crippen LogP contribution in [0.1, 0.15) is 6.92 Å². The average Bonchev–Trinajstić information content (AvgIpc) is 2.01. The Bertz CT molecular complexity index is 317. The van der Waals surface area contributed by atoms with Crippen LogP contribution in [-0.2, 0) is 20.8 Å². The Labute approximate surface area is 80.6 Å². The molecule has 76 valence electrons. The highest BCUT2D eigenvalue weighted by Crippen LogP contribution is 1.94. The van der Waals surface area contributed by atoms with E-state index in [0.29, 0.717) is 0 Å². The third-order valence-corrected chi connectivity index (χ3v) is 3.76. The van der Waals surface area contributed by atoms with E-state index in [-0.39, 0.29) is 12.3 Å². The molecule has 1 N–H and O–H groups in total. The molecule has 0 spiro atoms. The van der Waals surface area contributed by atoms with Gasteiger partial charge in [0.25, 0.3) is 0 Å². The van der Waals surface area contributed by atoms with Crippen molar-refractivity contribution in [2.45, 2.75) is 12.2 Å². The van der Waals surface area contributed by atoms with E-state index in [9.17, 15) is 12.6 Å². The van der Waals surface area contributed by atoms with Crippen molar-refractivity contribution in [1.82, 2.24) is 4.72 Å². The second-order valence-corrected chi connectivity index (χ2v) is 6.13. The summed E-state index contributed by atoms with van der Waals surface area (Å²) in [6.07, 6.45) is 1.49. The van der Waals surface area contributed by atoms with E-state index in [1.807, 2.05) is 0 Å². The van der Waals surface area contributed by atoms with Crippen molar-refractivity contribution in [1.29, 1.82) is 5.26 Å². The lowest BCUT2D eigenvalue weighted by Crippen LogP contribution is -2.34. The first-order valence-electron chi connectivity index (χ1n) is 3.58. The average molecular weight is 224 g/mol. The molecule has 0 saturated heterocycles. The van der Waals surface area contributed by atoms with Gasteiger partial charge in [-0.25, -0.2) is 13.1 Å². The second kappa shape index (κ2) is 5.32. The van der Waals surface area contributed by atoms with Crippen molar-refractivity contribution in [2.75, 3.05) is 18.6 Å². The molecule has 0 rings (SSSR count). The van der Waals surface area contributed by atoms with Gasteiger partial charge >= 0.3 is 0 Å². The summed E-state index contributed by atoms with van der Waals surface area (Å²) in [5, 5.41) is 7.28. The van der Waals surface area contributed by atoms with E-state index in [0.717, 1.165) is 0 Å². The Hall–Kier alpha value is -0.450. The summed E-state index contributed by atoms with van der Waals surface area (Å²) in [4.78, 5) is 0. The lowest BCUT2D eigenvalue weighted by atomic mass is 10.5. The molecule has 0 fully saturated rings. The lowest BCUT2D eigenvalue weighted by molar-refractivity contribution is 0.579. The Morgan fingerprint density at radius 2 is 2.15 bits per heavy atom. The smallest absolute Gasteiger partial charge is 0.227 e. The number of rotatable bonds is 5. The maximum absolute atomic E-state index is 11.1. The molecule has 2 atom stereocenters. The molecule has 0 saturated carbocycles. The van der Waals surface area contributed by atoms with Gasteiger partial charge in [0.2, 0.25) is 10.0 Å². The second-order valence-electron chi connectivity index (χ2n) is 2.49. The van der Waals surface area contributed by atoms with Gasteiger partial charge in [0, 0.05) is 29.4 Å². The fourth-order valence-electron chi connectivity index (χ4n) is 0.522. The van der Waals surface area contributed by atoms with Crippen LogP contribution in [0.5, 0.6) is 0 Å². The first-order chi connectivity index (χ1) is 5.90. The fourth-order valence-corrected chi connectivity index (χ4v) is 1.82. The van der Waals surface area contributed by atoms with Crippen LogP contribution in [0.3, 0.4) is 0 Å². The number of hydrogen-bond acceptors (Lipinski definition) is 4. The molecule has 0 heterocycles. The van der Waals surface area contributed by atoms with E-state index in [1.54, 1.807) is 6.07 Å². The maximum atomic E-state index is 11.1. The molecule has 7 heteroatoms. The Balaban J connectivity index is 4.07. The molecule has 0 aromatic carbocycles. The van der Waals surface area contributed by atoms with E-state index >= 15 is 0 Å². The molecule has 5 nitrogen and oxygen atoms in total. The van der Waals surface area contributed by atoms with Gasteiger partial charge in [0.1, 0.15) is 0 Å². The zero-order valence-electron chi connectivity index (χ0n) is 7.48. The summed E-state index contributed by atoms with van der Waals surface area (Å²) in [5.74, 6) is 0.261. The number of nitrogens with zero attached hydrogens (tertiary/aromatic N) is 1. The van der Waals surface area contributed by atoms with E-state index in [1.165, 1.54) is 13.2 Å². The molecule has 0 aliphatic heterocycles. The van der Waals surface area contributed by atoms with Crippen LogP contribution in [-0.4, -0.2) is 36.4 Å². The summed E-state index contributed by atoms with van der Waals surface area (Å²) < 4.78 is 35.0. The molecule has 0 radical (unpaired) electrons. The summed E-state index contributed by atoms with van der Waals surface area (Å²) in [6, 6.07) is 1.62. The quantitative estimate of drug-likeness (QED) is 0.662. The van der Waals surface area contributed by atoms with Crippen LogP contribution >= 0.6 is 0 Å². The van der Waals surface area contributed by atoms with Crippen LogP contribution in [0.2, 0.25) is 0 Å². The van der Waals surface area contributed by atoms with E-state index < -0.39 is 26.1 Å². The van der Waals surface area contributed by atoms with E-state index in [2.05, 4.69) is 4.72 Å². The van der Waals surface area contributed by atoms with Crippen LogP contribution in [0.15, 0.2) is 0 Å². The standard InChI is InChI=1S/C6H12N2O3S2/c1-6(5-7)13(10,11)8-3-4-12(2)9/h6,8H,3-4H2,1-2H3. The van der Waals surface area contributed by atoms with Gasteiger partial charge in [0.15, 0.2) is 5.25 Å². The molecule has 0 aliphatic carbocycles. The lowest BCUT2D eigenvalue weighted by Gasteiger charge is -2.06. The van der Waals surface area contributed by atoms with Crippen LogP contribution in [0.25, 0.3) is 0 Å². The first-order valence-corrected chi connectivity index (χ1v) is 6.85. The number of nitrogens with one attached hydrogen (secondary N) is 1. The Kier molecular flexibility index (Phi) is 5.13. The highest BCUT2D eigenvalue weighted by molar-refractivity contribution is 7.90. The molecular weight excluding hydrogens is 212 g/mol. The summed E-state index contributed by atoms with van der Waals surface area (Å²) >= 11 is 0. The van der Waals surface area contributed by atoms with Crippen LogP contribution < -0.4 is 4.72 Å². The van der Waals surface area contributed by atoms with Crippen molar-refractivity contribution in [3.05, 3.63) is 0 Å². The molecule has 13 heavy (non-hydrogen) atoms. The predicted octanol–water partition coefficient (Wildman–Crippen LogP) is -0.804. The minimum absolute atomic E-state index is 0.109. The predicted molar refractivity (Wildman–Crippen MR) is 50.9 cm³/mol. The topological polar surface area (TPSA) is 87.0 Å². The molecule has 0 aromatic heterocycles. The van der Waals surface area contributed by atoms with Crippen molar-refractivity contribution in [2.24, 2.45) is 0 Å².